The van der Waals surface area contributed by atoms with Crippen LogP contribution in [0.1, 0.15) is 61.5 Å². The van der Waals surface area contributed by atoms with Crippen LogP contribution in [-0.2, 0) is 11.2 Å². The fraction of sp³-hybridized carbons (Fsp3) is 0.611. The quantitative estimate of drug-likeness (QED) is 0.545. The van der Waals surface area contributed by atoms with Crippen molar-refractivity contribution >= 4 is 5.78 Å². The highest BCUT2D eigenvalue weighted by atomic mass is 16.5. The number of hydrogen-bond donors (Lipinski definition) is 1. The van der Waals surface area contributed by atoms with E-state index in [-0.39, 0.29) is 5.78 Å². The highest BCUT2D eigenvalue weighted by molar-refractivity contribution is 5.96. The van der Waals surface area contributed by atoms with Crippen molar-refractivity contribution < 1.29 is 14.6 Å². The first kappa shape index (κ1) is 17.7. The summed E-state index contributed by atoms with van der Waals surface area (Å²) in [5.74, 6) is 0.896. The number of Topliss-reactive ketones (excluding diaryl/α,β-unsaturated/α-hetero) is 1. The normalized spacial score (nSPS) is 11.1. The molecular weight excluding hydrogens is 264 g/mol. The van der Waals surface area contributed by atoms with E-state index in [9.17, 15) is 9.90 Å². The predicted molar refractivity (Wildman–Crippen MR) is 86.1 cm³/mol. The molecule has 0 saturated carbocycles. The first-order chi connectivity index (χ1) is 9.95. The van der Waals surface area contributed by atoms with Crippen LogP contribution in [-0.4, -0.2) is 24.1 Å². The van der Waals surface area contributed by atoms with Gasteiger partial charge in [0, 0.05) is 18.6 Å². The van der Waals surface area contributed by atoms with Crippen molar-refractivity contribution in [2.75, 3.05) is 13.2 Å². The Morgan fingerprint density at radius 1 is 1.33 bits per heavy atom. The molecule has 0 aromatic heterocycles. The van der Waals surface area contributed by atoms with Gasteiger partial charge in [0.2, 0.25) is 0 Å². The Labute approximate surface area is 128 Å². The fourth-order valence-corrected chi connectivity index (χ4v) is 2.20. The first-order valence-corrected chi connectivity index (χ1v) is 7.89. The summed E-state index contributed by atoms with van der Waals surface area (Å²) in [6, 6.07) is 3.61. The van der Waals surface area contributed by atoms with Crippen LogP contribution in [0.4, 0.5) is 0 Å². The zero-order valence-corrected chi connectivity index (χ0v) is 13.7. The van der Waals surface area contributed by atoms with Gasteiger partial charge in [-0.15, -0.1) is 0 Å². The van der Waals surface area contributed by atoms with E-state index in [4.69, 9.17) is 4.74 Å². The van der Waals surface area contributed by atoms with E-state index in [1.165, 1.54) is 0 Å². The van der Waals surface area contributed by atoms with Crippen LogP contribution in [0.5, 0.6) is 5.75 Å². The van der Waals surface area contributed by atoms with Crippen molar-refractivity contribution in [3.63, 3.8) is 0 Å². The van der Waals surface area contributed by atoms with Crippen LogP contribution < -0.4 is 0 Å². The van der Waals surface area contributed by atoms with Gasteiger partial charge in [-0.2, -0.15) is 0 Å². The molecule has 1 aromatic carbocycles. The largest absolute Gasteiger partial charge is 0.507 e. The number of ketones is 1. The molecule has 0 aliphatic carbocycles. The summed E-state index contributed by atoms with van der Waals surface area (Å²) in [5.41, 5.74) is 2.34. The van der Waals surface area contributed by atoms with Crippen molar-refractivity contribution in [1.29, 1.82) is 0 Å². The molecule has 0 saturated heterocycles. The Balaban J connectivity index is 2.68. The molecule has 3 nitrogen and oxygen atoms in total. The molecule has 0 fully saturated rings. The standard InChI is InChI=1S/C18H28O3/c1-5-6-7-15-11-16(10-14(4)18(15)20)17(19)8-9-21-12-13(2)3/h10-11,13,20H,5-9,12H2,1-4H3. The number of unbranched alkanes of at least 4 members (excludes halogenated alkanes) is 1. The number of carbonyl (C=O) groups excluding carboxylic acids is 1. The Morgan fingerprint density at radius 3 is 2.67 bits per heavy atom. The lowest BCUT2D eigenvalue weighted by molar-refractivity contribution is 0.0824. The van der Waals surface area contributed by atoms with Crippen molar-refractivity contribution in [3.05, 3.63) is 28.8 Å². The maximum absolute atomic E-state index is 12.2. The van der Waals surface area contributed by atoms with Crippen molar-refractivity contribution in [2.45, 2.75) is 53.4 Å². The molecule has 1 aromatic rings. The summed E-state index contributed by atoms with van der Waals surface area (Å²) in [7, 11) is 0. The Morgan fingerprint density at radius 2 is 2.05 bits per heavy atom. The van der Waals surface area contributed by atoms with Crippen molar-refractivity contribution in [1.82, 2.24) is 0 Å². The predicted octanol–water partition coefficient (Wildman–Crippen LogP) is 4.29. The Kier molecular flexibility index (Phi) is 7.44. The van der Waals surface area contributed by atoms with Crippen LogP contribution in [0, 0.1) is 12.8 Å². The summed E-state index contributed by atoms with van der Waals surface area (Å²) in [6.45, 7) is 9.28. The number of rotatable bonds is 9. The van der Waals surface area contributed by atoms with Crippen LogP contribution in [0.15, 0.2) is 12.1 Å². The Bertz CT molecular complexity index is 464. The minimum Gasteiger partial charge on any atom is -0.507 e. The molecule has 0 atom stereocenters. The number of phenols is 1. The molecule has 0 amide bonds. The van der Waals surface area contributed by atoms with Gasteiger partial charge in [0.1, 0.15) is 5.75 Å². The monoisotopic (exact) mass is 292 g/mol. The van der Waals surface area contributed by atoms with Crippen molar-refractivity contribution in [2.24, 2.45) is 5.92 Å². The third-order valence-electron chi connectivity index (χ3n) is 3.43. The van der Waals surface area contributed by atoms with E-state index in [2.05, 4.69) is 20.8 Å². The fourth-order valence-electron chi connectivity index (χ4n) is 2.20. The molecule has 0 bridgehead atoms. The van der Waals surface area contributed by atoms with Gasteiger partial charge in [-0.3, -0.25) is 4.79 Å². The average molecular weight is 292 g/mol. The second-order valence-electron chi connectivity index (χ2n) is 6.05. The summed E-state index contributed by atoms with van der Waals surface area (Å²) in [4.78, 5) is 12.2. The van der Waals surface area contributed by atoms with Crippen LogP contribution in [0.2, 0.25) is 0 Å². The molecule has 3 heteroatoms. The minimum absolute atomic E-state index is 0.0830. The number of phenolic OH excluding ortho intramolecular Hbond substituents is 1. The van der Waals surface area contributed by atoms with Gasteiger partial charge in [0.05, 0.1) is 6.61 Å². The lowest BCUT2D eigenvalue weighted by Gasteiger charge is -2.11. The van der Waals surface area contributed by atoms with E-state index in [0.717, 1.165) is 30.4 Å². The van der Waals surface area contributed by atoms with Crippen LogP contribution in [0.25, 0.3) is 0 Å². The van der Waals surface area contributed by atoms with E-state index in [0.29, 0.717) is 36.9 Å². The van der Waals surface area contributed by atoms with Crippen molar-refractivity contribution in [3.8, 4) is 5.75 Å². The number of ether oxygens (including phenoxy) is 1. The summed E-state index contributed by atoms with van der Waals surface area (Å²) in [6.07, 6.45) is 3.29. The van der Waals surface area contributed by atoms with Crippen LogP contribution in [0.3, 0.4) is 0 Å². The Hall–Kier alpha value is -1.35. The molecular formula is C18H28O3. The van der Waals surface area contributed by atoms with E-state index in [1.54, 1.807) is 6.07 Å². The molecule has 1 N–H and O–H groups in total. The molecule has 0 heterocycles. The molecule has 0 radical (unpaired) electrons. The highest BCUT2D eigenvalue weighted by Gasteiger charge is 2.12. The summed E-state index contributed by atoms with van der Waals surface area (Å²) < 4.78 is 5.47. The molecule has 0 spiro atoms. The zero-order chi connectivity index (χ0) is 15.8. The lowest BCUT2D eigenvalue weighted by atomic mass is 9.98. The molecule has 21 heavy (non-hydrogen) atoms. The number of hydrogen-bond acceptors (Lipinski definition) is 3. The molecule has 0 unspecified atom stereocenters. The van der Waals surface area contributed by atoms with Gasteiger partial charge in [0.25, 0.3) is 0 Å². The van der Waals surface area contributed by atoms with Crippen LogP contribution >= 0.6 is 0 Å². The summed E-state index contributed by atoms with van der Waals surface area (Å²) in [5, 5.41) is 10.1. The number of aromatic hydroxyl groups is 1. The van der Waals surface area contributed by atoms with Gasteiger partial charge < -0.3 is 9.84 Å². The number of aryl methyl sites for hydroxylation is 2. The average Bonchev–Trinajstić information content (AvgIpc) is 2.44. The van der Waals surface area contributed by atoms with Gasteiger partial charge in [-0.25, -0.2) is 0 Å². The zero-order valence-electron chi connectivity index (χ0n) is 13.7. The smallest absolute Gasteiger partial charge is 0.165 e. The third kappa shape index (κ3) is 5.88. The topological polar surface area (TPSA) is 46.5 Å². The third-order valence-corrected chi connectivity index (χ3v) is 3.43. The van der Waals surface area contributed by atoms with Gasteiger partial charge in [0.15, 0.2) is 5.78 Å². The number of carbonyl (C=O) groups is 1. The van der Waals surface area contributed by atoms with Gasteiger partial charge >= 0.3 is 0 Å². The van der Waals surface area contributed by atoms with E-state index < -0.39 is 0 Å². The SMILES string of the molecule is CCCCc1cc(C(=O)CCOCC(C)C)cc(C)c1O. The molecule has 118 valence electrons. The molecule has 0 aliphatic heterocycles. The van der Waals surface area contributed by atoms with E-state index in [1.807, 2.05) is 13.0 Å². The number of benzene rings is 1. The van der Waals surface area contributed by atoms with Gasteiger partial charge in [-0.05, 0) is 48.9 Å². The summed E-state index contributed by atoms with van der Waals surface area (Å²) >= 11 is 0. The highest BCUT2D eigenvalue weighted by Crippen LogP contribution is 2.26. The minimum atomic E-state index is 0.0830. The first-order valence-electron chi connectivity index (χ1n) is 7.89. The van der Waals surface area contributed by atoms with E-state index >= 15 is 0 Å². The molecule has 0 aliphatic rings. The molecule has 1 rings (SSSR count). The van der Waals surface area contributed by atoms with Gasteiger partial charge in [-0.1, -0.05) is 27.2 Å². The lowest BCUT2D eigenvalue weighted by Crippen LogP contribution is -2.09. The maximum atomic E-state index is 12.2. The second-order valence-corrected chi connectivity index (χ2v) is 6.05. The second kappa shape index (κ2) is 8.83. The maximum Gasteiger partial charge on any atom is 0.165 e.